The minimum Gasteiger partial charge on any atom is -0.505 e. The highest BCUT2D eigenvalue weighted by atomic mass is 16.5. The van der Waals surface area contributed by atoms with Gasteiger partial charge in [-0.25, -0.2) is 4.98 Å². The third kappa shape index (κ3) is 2.83. The van der Waals surface area contributed by atoms with Gasteiger partial charge in [0.15, 0.2) is 0 Å². The second-order valence-corrected chi connectivity index (χ2v) is 6.03. The number of para-hydroxylation sites is 2. The van der Waals surface area contributed by atoms with Crippen molar-refractivity contribution in [3.05, 3.63) is 48.7 Å². The van der Waals surface area contributed by atoms with Crippen LogP contribution in [0.3, 0.4) is 0 Å². The smallest absolute Gasteiger partial charge is 0.146 e. The molecule has 0 amide bonds. The number of anilines is 1. The zero-order valence-corrected chi connectivity index (χ0v) is 15.3. The van der Waals surface area contributed by atoms with Crippen LogP contribution in [-0.2, 0) is 0 Å². The molecular formula is C20H20N4O3. The number of H-pyrrole nitrogens is 1. The van der Waals surface area contributed by atoms with E-state index in [1.165, 1.54) is 0 Å². The Kier molecular flexibility index (Phi) is 4.12. The number of hydrogen-bond acceptors (Lipinski definition) is 5. The van der Waals surface area contributed by atoms with Crippen LogP contribution in [0.4, 0.5) is 5.82 Å². The predicted octanol–water partition coefficient (Wildman–Crippen LogP) is 3.79. The molecule has 7 nitrogen and oxygen atoms in total. The second-order valence-electron chi connectivity index (χ2n) is 6.03. The molecule has 0 spiro atoms. The maximum atomic E-state index is 10.7. The van der Waals surface area contributed by atoms with Crippen molar-refractivity contribution in [3.63, 3.8) is 0 Å². The van der Waals surface area contributed by atoms with Crippen molar-refractivity contribution < 1.29 is 14.6 Å². The monoisotopic (exact) mass is 364 g/mol. The molecule has 0 fully saturated rings. The molecule has 0 aliphatic carbocycles. The fraction of sp³-hybridized carbons (Fsp3) is 0.150. The molecule has 0 radical (unpaired) electrons. The molecule has 0 saturated carbocycles. The Labute approximate surface area is 156 Å². The zero-order valence-electron chi connectivity index (χ0n) is 15.3. The summed E-state index contributed by atoms with van der Waals surface area (Å²) in [6, 6.07) is 13.3. The average molecular weight is 364 g/mol. The standard InChI is InChI=1S/C20H20N4O3/c1-21-20-18(19-22-15-6-4-5-7-16(15)23-19)17(25)11-24(20)12-8-13(26-2)10-14(9-12)27-3/h4-11,21,25H,1-3H3,(H,22,23). The Morgan fingerprint density at radius 1 is 1.07 bits per heavy atom. The molecule has 0 saturated heterocycles. The molecule has 7 heteroatoms. The number of aromatic nitrogens is 3. The van der Waals surface area contributed by atoms with Crippen molar-refractivity contribution in [2.24, 2.45) is 0 Å². The Morgan fingerprint density at radius 3 is 2.41 bits per heavy atom. The maximum Gasteiger partial charge on any atom is 0.146 e. The van der Waals surface area contributed by atoms with E-state index in [-0.39, 0.29) is 5.75 Å². The first-order valence-corrected chi connectivity index (χ1v) is 8.45. The number of fused-ring (bicyclic) bond motifs is 1. The van der Waals surface area contributed by atoms with Crippen molar-refractivity contribution in [1.82, 2.24) is 14.5 Å². The van der Waals surface area contributed by atoms with Crippen LogP contribution in [0.25, 0.3) is 28.1 Å². The lowest BCUT2D eigenvalue weighted by Crippen LogP contribution is -2.02. The van der Waals surface area contributed by atoms with E-state index in [0.29, 0.717) is 28.7 Å². The predicted molar refractivity (Wildman–Crippen MR) is 105 cm³/mol. The summed E-state index contributed by atoms with van der Waals surface area (Å²) in [4.78, 5) is 7.87. The van der Waals surface area contributed by atoms with Gasteiger partial charge in [-0.3, -0.25) is 4.57 Å². The van der Waals surface area contributed by atoms with Gasteiger partial charge >= 0.3 is 0 Å². The zero-order chi connectivity index (χ0) is 19.0. The Bertz CT molecular complexity index is 1060. The molecule has 27 heavy (non-hydrogen) atoms. The van der Waals surface area contributed by atoms with Gasteiger partial charge in [0.2, 0.25) is 0 Å². The molecule has 0 bridgehead atoms. The van der Waals surface area contributed by atoms with Crippen LogP contribution in [0.15, 0.2) is 48.7 Å². The van der Waals surface area contributed by atoms with E-state index in [4.69, 9.17) is 9.47 Å². The number of nitrogens with zero attached hydrogens (tertiary/aromatic N) is 2. The first-order chi connectivity index (χ1) is 13.1. The van der Waals surface area contributed by atoms with Gasteiger partial charge in [0.05, 0.1) is 37.1 Å². The van der Waals surface area contributed by atoms with Crippen LogP contribution >= 0.6 is 0 Å². The van der Waals surface area contributed by atoms with Crippen LogP contribution < -0.4 is 14.8 Å². The molecule has 4 aromatic rings. The highest BCUT2D eigenvalue weighted by Gasteiger charge is 2.21. The Balaban J connectivity index is 1.91. The molecule has 3 N–H and O–H groups in total. The highest BCUT2D eigenvalue weighted by molar-refractivity contribution is 5.86. The number of methoxy groups -OCH3 is 2. The van der Waals surface area contributed by atoms with Gasteiger partial charge in [0.25, 0.3) is 0 Å². The van der Waals surface area contributed by atoms with Gasteiger partial charge in [0, 0.05) is 25.2 Å². The number of rotatable bonds is 5. The van der Waals surface area contributed by atoms with Crippen molar-refractivity contribution in [1.29, 1.82) is 0 Å². The molecule has 2 aromatic heterocycles. The van der Waals surface area contributed by atoms with Gasteiger partial charge in [-0.15, -0.1) is 0 Å². The van der Waals surface area contributed by atoms with E-state index in [1.807, 2.05) is 41.0 Å². The summed E-state index contributed by atoms with van der Waals surface area (Å²) in [5.74, 6) is 2.71. The van der Waals surface area contributed by atoms with Crippen LogP contribution in [0, 0.1) is 0 Å². The molecule has 0 aliphatic heterocycles. The minimum absolute atomic E-state index is 0.111. The molecule has 0 atom stereocenters. The number of aromatic hydroxyl groups is 1. The van der Waals surface area contributed by atoms with Crippen LogP contribution in [-0.4, -0.2) is 40.9 Å². The summed E-state index contributed by atoms with van der Waals surface area (Å²) < 4.78 is 12.6. The number of imidazole rings is 1. The summed E-state index contributed by atoms with van der Waals surface area (Å²) in [7, 11) is 5.00. The van der Waals surface area contributed by atoms with E-state index >= 15 is 0 Å². The van der Waals surface area contributed by atoms with E-state index in [2.05, 4.69) is 15.3 Å². The molecule has 0 unspecified atom stereocenters. The van der Waals surface area contributed by atoms with E-state index in [9.17, 15) is 5.11 Å². The molecular weight excluding hydrogens is 344 g/mol. The van der Waals surface area contributed by atoms with Gasteiger partial charge in [-0.05, 0) is 12.1 Å². The quantitative estimate of drug-likeness (QED) is 0.502. The SMILES string of the molecule is CNc1c(-c2nc3ccccc3[nH]2)c(O)cn1-c1cc(OC)cc(OC)c1. The lowest BCUT2D eigenvalue weighted by atomic mass is 10.2. The maximum absolute atomic E-state index is 10.7. The second kappa shape index (κ2) is 6.60. The number of nitrogens with one attached hydrogen (secondary N) is 2. The average Bonchev–Trinajstić information content (AvgIpc) is 3.27. The van der Waals surface area contributed by atoms with Crippen LogP contribution in [0.2, 0.25) is 0 Å². The third-order valence-electron chi connectivity index (χ3n) is 4.46. The lowest BCUT2D eigenvalue weighted by Gasteiger charge is -2.13. The fourth-order valence-electron chi connectivity index (χ4n) is 3.18. The van der Waals surface area contributed by atoms with Crippen LogP contribution in [0.5, 0.6) is 17.2 Å². The van der Waals surface area contributed by atoms with E-state index in [0.717, 1.165) is 16.7 Å². The lowest BCUT2D eigenvalue weighted by molar-refractivity contribution is 0.394. The number of aromatic amines is 1. The van der Waals surface area contributed by atoms with Crippen molar-refractivity contribution in [2.45, 2.75) is 0 Å². The first-order valence-electron chi connectivity index (χ1n) is 8.45. The summed E-state index contributed by atoms with van der Waals surface area (Å²) in [6.07, 6.45) is 1.64. The number of ether oxygens (including phenoxy) is 2. The summed E-state index contributed by atoms with van der Waals surface area (Å²) in [5, 5.41) is 13.8. The summed E-state index contributed by atoms with van der Waals surface area (Å²) in [6.45, 7) is 0. The minimum atomic E-state index is 0.111. The largest absolute Gasteiger partial charge is 0.505 e. The number of benzene rings is 2. The third-order valence-corrected chi connectivity index (χ3v) is 4.46. The molecule has 4 rings (SSSR count). The number of hydrogen-bond donors (Lipinski definition) is 3. The molecule has 138 valence electrons. The summed E-state index contributed by atoms with van der Waals surface area (Å²) in [5.41, 5.74) is 3.12. The van der Waals surface area contributed by atoms with Gasteiger partial charge in [-0.1, -0.05) is 12.1 Å². The van der Waals surface area contributed by atoms with Gasteiger partial charge < -0.3 is 24.9 Å². The van der Waals surface area contributed by atoms with Gasteiger partial charge in [0.1, 0.15) is 34.5 Å². The van der Waals surface area contributed by atoms with Gasteiger partial charge in [-0.2, -0.15) is 0 Å². The van der Waals surface area contributed by atoms with Crippen molar-refractivity contribution in [2.75, 3.05) is 26.6 Å². The van der Waals surface area contributed by atoms with Crippen molar-refractivity contribution >= 4 is 16.9 Å². The Hall–Kier alpha value is -3.61. The highest BCUT2D eigenvalue weighted by Crippen LogP contribution is 2.40. The van der Waals surface area contributed by atoms with Crippen molar-refractivity contribution in [3.8, 4) is 34.3 Å². The van der Waals surface area contributed by atoms with E-state index < -0.39 is 0 Å². The fourth-order valence-corrected chi connectivity index (χ4v) is 3.18. The van der Waals surface area contributed by atoms with Crippen LogP contribution in [0.1, 0.15) is 0 Å². The Morgan fingerprint density at radius 2 is 1.78 bits per heavy atom. The topological polar surface area (TPSA) is 84.3 Å². The molecule has 2 heterocycles. The summed E-state index contributed by atoms with van der Waals surface area (Å²) >= 11 is 0. The van der Waals surface area contributed by atoms with E-state index in [1.54, 1.807) is 33.5 Å². The molecule has 0 aliphatic rings. The molecule has 2 aromatic carbocycles. The first kappa shape index (κ1) is 16.8. The normalized spacial score (nSPS) is 10.9.